The minimum atomic E-state index is -0.117. The van der Waals surface area contributed by atoms with E-state index in [0.29, 0.717) is 22.3 Å². The molecule has 23 heavy (non-hydrogen) atoms. The summed E-state index contributed by atoms with van der Waals surface area (Å²) in [6.45, 7) is 6.10. The molecule has 1 aromatic heterocycles. The second-order valence-electron chi connectivity index (χ2n) is 5.21. The zero-order valence-corrected chi connectivity index (χ0v) is 14.0. The van der Waals surface area contributed by atoms with Gasteiger partial charge in [-0.3, -0.25) is 4.79 Å². The number of amides is 1. The molecule has 0 unspecified atom stereocenters. The molecule has 3 rings (SSSR count). The Morgan fingerprint density at radius 1 is 1.17 bits per heavy atom. The lowest BCUT2D eigenvalue weighted by atomic mass is 10.2. The summed E-state index contributed by atoms with van der Waals surface area (Å²) in [6.07, 6.45) is 0. The molecule has 120 valence electrons. The first-order valence-corrected chi connectivity index (χ1v) is 8.15. The molecule has 0 aliphatic carbocycles. The van der Waals surface area contributed by atoms with E-state index in [9.17, 15) is 4.79 Å². The number of thioether (sulfide) groups is 1. The SMILES string of the molecule is Cc1nc(SCC(=O)Nc2ccc3c(c2)OCO3)nc(C)c1C. The van der Waals surface area contributed by atoms with E-state index in [4.69, 9.17) is 9.47 Å². The Kier molecular flexibility index (Phi) is 4.38. The van der Waals surface area contributed by atoms with Crippen LogP contribution < -0.4 is 14.8 Å². The number of nitrogens with one attached hydrogen (secondary N) is 1. The number of carbonyl (C=O) groups excluding carboxylic acids is 1. The summed E-state index contributed by atoms with van der Waals surface area (Å²) in [5.74, 6) is 1.46. The van der Waals surface area contributed by atoms with Gasteiger partial charge in [0.25, 0.3) is 0 Å². The van der Waals surface area contributed by atoms with Crippen LogP contribution in [-0.2, 0) is 4.79 Å². The van der Waals surface area contributed by atoms with Crippen LogP contribution in [0.1, 0.15) is 17.0 Å². The fraction of sp³-hybridized carbons (Fsp3) is 0.312. The number of aryl methyl sites for hydroxylation is 2. The minimum absolute atomic E-state index is 0.117. The smallest absolute Gasteiger partial charge is 0.234 e. The highest BCUT2D eigenvalue weighted by Gasteiger charge is 2.14. The van der Waals surface area contributed by atoms with E-state index in [2.05, 4.69) is 15.3 Å². The van der Waals surface area contributed by atoms with Crippen LogP contribution >= 0.6 is 11.8 Å². The van der Waals surface area contributed by atoms with E-state index < -0.39 is 0 Å². The number of benzene rings is 1. The van der Waals surface area contributed by atoms with Gasteiger partial charge in [0.2, 0.25) is 12.7 Å². The summed E-state index contributed by atoms with van der Waals surface area (Å²) in [4.78, 5) is 20.9. The highest BCUT2D eigenvalue weighted by atomic mass is 32.2. The van der Waals surface area contributed by atoms with Gasteiger partial charge in [0.1, 0.15) is 0 Å². The number of aromatic nitrogens is 2. The molecule has 1 aliphatic rings. The summed E-state index contributed by atoms with van der Waals surface area (Å²) in [5, 5.41) is 3.45. The maximum absolute atomic E-state index is 12.1. The van der Waals surface area contributed by atoms with Crippen molar-refractivity contribution in [3.05, 3.63) is 35.2 Å². The largest absolute Gasteiger partial charge is 0.454 e. The molecule has 0 saturated heterocycles. The maximum Gasteiger partial charge on any atom is 0.234 e. The third-order valence-electron chi connectivity index (χ3n) is 3.60. The molecule has 0 bridgehead atoms. The van der Waals surface area contributed by atoms with E-state index in [1.165, 1.54) is 11.8 Å². The van der Waals surface area contributed by atoms with Crippen LogP contribution in [0.2, 0.25) is 0 Å². The average molecular weight is 331 g/mol. The van der Waals surface area contributed by atoms with Gasteiger partial charge in [-0.05, 0) is 38.5 Å². The van der Waals surface area contributed by atoms with Crippen molar-refractivity contribution >= 4 is 23.4 Å². The number of fused-ring (bicyclic) bond motifs is 1. The van der Waals surface area contributed by atoms with Crippen molar-refractivity contribution < 1.29 is 14.3 Å². The standard InChI is InChI=1S/C16H17N3O3S/c1-9-10(2)17-16(18-11(9)3)23-7-15(20)19-12-4-5-13-14(6-12)22-8-21-13/h4-6H,7-8H2,1-3H3,(H,19,20). The quantitative estimate of drug-likeness (QED) is 0.686. The number of carbonyl (C=O) groups is 1. The lowest BCUT2D eigenvalue weighted by Crippen LogP contribution is -2.14. The molecule has 0 saturated carbocycles. The van der Waals surface area contributed by atoms with E-state index in [1.807, 2.05) is 20.8 Å². The third-order valence-corrected chi connectivity index (χ3v) is 4.45. The van der Waals surface area contributed by atoms with E-state index >= 15 is 0 Å². The van der Waals surface area contributed by atoms with Crippen molar-refractivity contribution in [3.63, 3.8) is 0 Å². The van der Waals surface area contributed by atoms with Gasteiger partial charge in [-0.15, -0.1) is 0 Å². The minimum Gasteiger partial charge on any atom is -0.454 e. The fourth-order valence-corrected chi connectivity index (χ4v) is 2.84. The second kappa shape index (κ2) is 6.45. The Hall–Kier alpha value is -2.28. The van der Waals surface area contributed by atoms with Crippen molar-refractivity contribution in [2.45, 2.75) is 25.9 Å². The number of hydrogen-bond acceptors (Lipinski definition) is 6. The van der Waals surface area contributed by atoms with Crippen molar-refractivity contribution in [3.8, 4) is 11.5 Å². The van der Waals surface area contributed by atoms with Gasteiger partial charge in [-0.2, -0.15) is 0 Å². The summed E-state index contributed by atoms with van der Waals surface area (Å²) >= 11 is 1.32. The molecule has 0 radical (unpaired) electrons. The molecule has 6 nitrogen and oxygen atoms in total. The number of nitrogens with zero attached hydrogens (tertiary/aromatic N) is 2. The highest BCUT2D eigenvalue weighted by molar-refractivity contribution is 7.99. The number of hydrogen-bond donors (Lipinski definition) is 1. The van der Waals surface area contributed by atoms with E-state index in [0.717, 1.165) is 17.0 Å². The van der Waals surface area contributed by atoms with Gasteiger partial charge >= 0.3 is 0 Å². The van der Waals surface area contributed by atoms with Gasteiger partial charge < -0.3 is 14.8 Å². The lowest BCUT2D eigenvalue weighted by molar-refractivity contribution is -0.113. The molecule has 2 aromatic rings. The number of rotatable bonds is 4. The average Bonchev–Trinajstić information content (AvgIpc) is 2.98. The second-order valence-corrected chi connectivity index (χ2v) is 6.15. The van der Waals surface area contributed by atoms with Gasteiger partial charge in [-0.25, -0.2) is 9.97 Å². The van der Waals surface area contributed by atoms with Crippen molar-refractivity contribution in [1.29, 1.82) is 0 Å². The van der Waals surface area contributed by atoms with Gasteiger partial charge in [0, 0.05) is 23.1 Å². The molecule has 1 amide bonds. The molecule has 7 heteroatoms. The van der Waals surface area contributed by atoms with Crippen LogP contribution in [0.15, 0.2) is 23.4 Å². The van der Waals surface area contributed by atoms with Gasteiger partial charge in [0.15, 0.2) is 16.7 Å². The van der Waals surface area contributed by atoms with Crippen LogP contribution in [0.5, 0.6) is 11.5 Å². The third kappa shape index (κ3) is 3.56. The number of ether oxygens (including phenoxy) is 2. The first-order valence-electron chi connectivity index (χ1n) is 7.17. The lowest BCUT2D eigenvalue weighted by Gasteiger charge is -2.08. The van der Waals surface area contributed by atoms with Crippen LogP contribution in [0.4, 0.5) is 5.69 Å². The zero-order valence-electron chi connectivity index (χ0n) is 13.2. The molecule has 2 heterocycles. The molecule has 1 aromatic carbocycles. The van der Waals surface area contributed by atoms with E-state index in [-0.39, 0.29) is 18.5 Å². The molecular weight excluding hydrogens is 314 g/mol. The maximum atomic E-state index is 12.1. The number of anilines is 1. The Bertz CT molecular complexity index is 741. The Morgan fingerprint density at radius 2 is 1.87 bits per heavy atom. The predicted molar refractivity (Wildman–Crippen MR) is 88.2 cm³/mol. The summed E-state index contributed by atoms with van der Waals surface area (Å²) in [5.41, 5.74) is 3.64. The van der Waals surface area contributed by atoms with Crippen molar-refractivity contribution in [1.82, 2.24) is 9.97 Å². The summed E-state index contributed by atoms with van der Waals surface area (Å²) < 4.78 is 10.5. The van der Waals surface area contributed by atoms with Crippen LogP contribution in [-0.4, -0.2) is 28.4 Å². The molecule has 1 aliphatic heterocycles. The van der Waals surface area contributed by atoms with Crippen LogP contribution in [0.3, 0.4) is 0 Å². The monoisotopic (exact) mass is 331 g/mol. The predicted octanol–water partition coefficient (Wildman–Crippen LogP) is 2.86. The molecule has 0 fully saturated rings. The topological polar surface area (TPSA) is 73.3 Å². The molecule has 0 spiro atoms. The normalized spacial score (nSPS) is 12.3. The Morgan fingerprint density at radius 3 is 2.61 bits per heavy atom. The fourth-order valence-electron chi connectivity index (χ4n) is 2.11. The Balaban J connectivity index is 1.60. The Labute approximate surface area is 138 Å². The zero-order chi connectivity index (χ0) is 16.4. The summed E-state index contributed by atoms with van der Waals surface area (Å²) in [7, 11) is 0. The van der Waals surface area contributed by atoms with Crippen LogP contribution in [0, 0.1) is 20.8 Å². The first kappa shape index (κ1) is 15.6. The first-order chi connectivity index (χ1) is 11.0. The van der Waals surface area contributed by atoms with Gasteiger partial charge in [0.05, 0.1) is 5.75 Å². The van der Waals surface area contributed by atoms with Crippen molar-refractivity contribution in [2.75, 3.05) is 17.9 Å². The molecular formula is C16H17N3O3S. The van der Waals surface area contributed by atoms with Crippen LogP contribution in [0.25, 0.3) is 0 Å². The molecule has 1 N–H and O–H groups in total. The van der Waals surface area contributed by atoms with E-state index in [1.54, 1.807) is 18.2 Å². The van der Waals surface area contributed by atoms with Gasteiger partial charge in [-0.1, -0.05) is 11.8 Å². The van der Waals surface area contributed by atoms with Crippen molar-refractivity contribution in [2.24, 2.45) is 0 Å². The highest BCUT2D eigenvalue weighted by Crippen LogP contribution is 2.34. The molecule has 0 atom stereocenters. The summed E-state index contributed by atoms with van der Waals surface area (Å²) in [6, 6.07) is 5.31.